The smallest absolute Gasteiger partial charge is 0.120 e. The number of aryl methyl sites for hydroxylation is 1. The van der Waals surface area contributed by atoms with Gasteiger partial charge in [-0.2, -0.15) is 0 Å². The van der Waals surface area contributed by atoms with Crippen LogP contribution in [0.3, 0.4) is 0 Å². The molecule has 1 aliphatic rings. The first kappa shape index (κ1) is 21.3. The molecule has 0 unspecified atom stereocenters. The summed E-state index contributed by atoms with van der Waals surface area (Å²) in [6.45, 7) is 11.1. The largest absolute Gasteiger partial charge is 0.378 e. The maximum Gasteiger partial charge on any atom is 0.120 e. The van der Waals surface area contributed by atoms with Gasteiger partial charge in [-0.1, -0.05) is 38.6 Å². The van der Waals surface area contributed by atoms with Gasteiger partial charge in [0.2, 0.25) is 0 Å². The number of rotatable bonds is 9. The molecule has 2 N–H and O–H groups in total. The molecule has 0 spiro atoms. The third-order valence-corrected chi connectivity index (χ3v) is 6.17. The van der Waals surface area contributed by atoms with Crippen LogP contribution in [-0.2, 0) is 16.6 Å². The van der Waals surface area contributed by atoms with Crippen LogP contribution in [0.1, 0.15) is 55.4 Å². The van der Waals surface area contributed by atoms with Crippen LogP contribution in [0.25, 0.3) is 12.7 Å². The fraction of sp³-hybridized carbons (Fsp3) is 0.423. The number of fused-ring (bicyclic) bond motifs is 2. The number of carbonyl (C=O) groups excluding carboxylic acids is 1. The molecular weight excluding hydrogens is 356 g/mol. The Morgan fingerprint density at radius 2 is 1.83 bits per heavy atom. The van der Waals surface area contributed by atoms with E-state index in [2.05, 4.69) is 81.1 Å². The van der Waals surface area contributed by atoms with Crippen LogP contribution >= 0.6 is 0 Å². The Labute approximate surface area is 175 Å². The average Bonchev–Trinajstić information content (AvgIpc) is 2.68. The van der Waals surface area contributed by atoms with Gasteiger partial charge in [0, 0.05) is 44.5 Å². The fourth-order valence-corrected chi connectivity index (χ4v) is 4.33. The van der Waals surface area contributed by atoms with Gasteiger partial charge in [0.1, 0.15) is 6.29 Å². The van der Waals surface area contributed by atoms with Gasteiger partial charge in [0.05, 0.1) is 13.1 Å². The first-order valence-electron chi connectivity index (χ1n) is 10.8. The lowest BCUT2D eigenvalue weighted by Gasteiger charge is -2.33. The Hall–Kier alpha value is -2.39. The highest BCUT2D eigenvalue weighted by Crippen LogP contribution is 2.36. The van der Waals surface area contributed by atoms with E-state index in [1.54, 1.807) is 0 Å². The van der Waals surface area contributed by atoms with E-state index in [1.165, 1.54) is 33.2 Å². The molecule has 0 amide bonds. The molecule has 0 fully saturated rings. The summed E-state index contributed by atoms with van der Waals surface area (Å²) < 4.78 is 0. The summed E-state index contributed by atoms with van der Waals surface area (Å²) in [6, 6.07) is 11.4. The van der Waals surface area contributed by atoms with Crippen LogP contribution in [0.2, 0.25) is 0 Å². The highest BCUT2D eigenvalue weighted by atomic mass is 16.1. The number of anilines is 1. The minimum absolute atomic E-state index is 0.0389. The maximum atomic E-state index is 10.4. The summed E-state index contributed by atoms with van der Waals surface area (Å²) in [5.41, 5.74) is 6.63. The molecule has 0 heterocycles. The van der Waals surface area contributed by atoms with Crippen LogP contribution in [0.4, 0.5) is 5.69 Å². The van der Waals surface area contributed by atoms with Gasteiger partial charge in [-0.3, -0.25) is 0 Å². The third-order valence-electron chi connectivity index (χ3n) is 6.17. The van der Waals surface area contributed by atoms with Crippen molar-refractivity contribution in [1.29, 1.82) is 0 Å². The van der Waals surface area contributed by atoms with Crippen LogP contribution in [0.5, 0.6) is 0 Å². The summed E-state index contributed by atoms with van der Waals surface area (Å²) in [5.74, 6) is 0. The molecule has 3 rings (SSSR count). The van der Waals surface area contributed by atoms with Gasteiger partial charge in [0.15, 0.2) is 0 Å². The van der Waals surface area contributed by atoms with Crippen molar-refractivity contribution >= 4 is 24.6 Å². The number of nitrogens with two attached hydrogens (primary N) is 1. The Morgan fingerprint density at radius 1 is 1.07 bits per heavy atom. The average molecular weight is 392 g/mol. The number of unbranched alkanes of at least 4 members (excludes halogenated alkanes) is 1. The van der Waals surface area contributed by atoms with Crippen LogP contribution < -0.4 is 20.7 Å². The SMILES string of the molecule is C=c1cc2c(cc1CCC[NH2+]CCCC=O)=Cc1ccc(N(C)C)cc1C2(C)C. The molecule has 0 saturated carbocycles. The minimum Gasteiger partial charge on any atom is -0.378 e. The molecule has 1 aliphatic carbocycles. The second-order valence-electron chi connectivity index (χ2n) is 8.92. The van der Waals surface area contributed by atoms with Gasteiger partial charge in [-0.25, -0.2) is 0 Å². The van der Waals surface area contributed by atoms with Crippen molar-refractivity contribution in [3.05, 3.63) is 63.0 Å². The normalized spacial score (nSPS) is 13.9. The molecule has 0 atom stereocenters. The van der Waals surface area contributed by atoms with Gasteiger partial charge in [-0.05, 0) is 57.3 Å². The molecule has 0 aliphatic heterocycles. The molecule has 0 bridgehead atoms. The zero-order valence-corrected chi connectivity index (χ0v) is 18.4. The zero-order valence-electron chi connectivity index (χ0n) is 18.4. The number of quaternary nitrogens is 1. The highest BCUT2D eigenvalue weighted by Gasteiger charge is 2.30. The number of benzene rings is 2. The number of hydrogen-bond donors (Lipinski definition) is 1. The fourth-order valence-electron chi connectivity index (χ4n) is 4.33. The van der Waals surface area contributed by atoms with E-state index in [1.807, 2.05) is 0 Å². The first-order chi connectivity index (χ1) is 13.8. The summed E-state index contributed by atoms with van der Waals surface area (Å²) in [5, 5.41) is 4.80. The Morgan fingerprint density at radius 3 is 2.55 bits per heavy atom. The zero-order chi connectivity index (χ0) is 21.0. The van der Waals surface area contributed by atoms with Crippen LogP contribution in [0, 0.1) is 0 Å². The van der Waals surface area contributed by atoms with Crippen molar-refractivity contribution < 1.29 is 10.1 Å². The molecule has 154 valence electrons. The predicted octanol–water partition coefficient (Wildman–Crippen LogP) is 2.11. The molecule has 3 nitrogen and oxygen atoms in total. The van der Waals surface area contributed by atoms with E-state index < -0.39 is 0 Å². The van der Waals surface area contributed by atoms with E-state index in [4.69, 9.17) is 0 Å². The van der Waals surface area contributed by atoms with Crippen molar-refractivity contribution in [2.45, 2.75) is 44.9 Å². The van der Waals surface area contributed by atoms with E-state index in [-0.39, 0.29) is 5.41 Å². The van der Waals surface area contributed by atoms with Crippen LogP contribution in [-0.4, -0.2) is 33.5 Å². The van der Waals surface area contributed by atoms with Crippen molar-refractivity contribution in [3.8, 4) is 0 Å². The van der Waals surface area contributed by atoms with Crippen molar-refractivity contribution in [2.24, 2.45) is 0 Å². The standard InChI is InChI=1S/C26H34N2O/c1-19-15-24-22(16-20(19)9-8-13-27-12-6-7-14-29)17-21-10-11-23(28(4)5)18-25(21)26(24,2)3/h10-11,14-18,27H,1,6-9,12-13H2,2-5H3/p+1. The second kappa shape index (κ2) is 8.96. The molecule has 3 heteroatoms. The first-order valence-corrected chi connectivity index (χ1v) is 10.8. The quantitative estimate of drug-likeness (QED) is 0.525. The van der Waals surface area contributed by atoms with Gasteiger partial charge >= 0.3 is 0 Å². The lowest BCUT2D eigenvalue weighted by atomic mass is 9.71. The monoisotopic (exact) mass is 391 g/mol. The molecule has 0 saturated heterocycles. The minimum atomic E-state index is -0.0389. The Bertz CT molecular complexity index is 988. The maximum absolute atomic E-state index is 10.4. The molecular formula is C26H35N2O+. The molecule has 29 heavy (non-hydrogen) atoms. The Balaban J connectivity index is 1.83. The van der Waals surface area contributed by atoms with E-state index in [9.17, 15) is 4.79 Å². The number of carbonyl (C=O) groups is 1. The topological polar surface area (TPSA) is 36.9 Å². The van der Waals surface area contributed by atoms with Gasteiger partial charge in [-0.15, -0.1) is 0 Å². The summed E-state index contributed by atoms with van der Waals surface area (Å²) in [4.78, 5) is 12.5. The summed E-state index contributed by atoms with van der Waals surface area (Å²) in [7, 11) is 4.19. The lowest BCUT2D eigenvalue weighted by molar-refractivity contribution is -0.655. The number of nitrogens with zero attached hydrogens (tertiary/aromatic N) is 1. The van der Waals surface area contributed by atoms with E-state index in [0.29, 0.717) is 6.42 Å². The predicted molar refractivity (Wildman–Crippen MR) is 123 cm³/mol. The van der Waals surface area contributed by atoms with Crippen molar-refractivity contribution in [3.63, 3.8) is 0 Å². The Kier molecular flexibility index (Phi) is 6.59. The van der Waals surface area contributed by atoms with E-state index in [0.717, 1.165) is 43.9 Å². The second-order valence-corrected chi connectivity index (χ2v) is 8.92. The van der Waals surface area contributed by atoms with Crippen molar-refractivity contribution in [2.75, 3.05) is 32.1 Å². The summed E-state index contributed by atoms with van der Waals surface area (Å²) in [6.07, 6.45) is 7.18. The summed E-state index contributed by atoms with van der Waals surface area (Å²) >= 11 is 0. The van der Waals surface area contributed by atoms with Crippen molar-refractivity contribution in [1.82, 2.24) is 0 Å². The molecule has 2 aromatic rings. The number of hydrogen-bond acceptors (Lipinski definition) is 2. The molecule has 0 radical (unpaired) electrons. The molecule has 2 aromatic carbocycles. The van der Waals surface area contributed by atoms with E-state index >= 15 is 0 Å². The van der Waals surface area contributed by atoms with Gasteiger partial charge in [0.25, 0.3) is 0 Å². The lowest BCUT2D eigenvalue weighted by Crippen LogP contribution is -2.84. The van der Waals surface area contributed by atoms with Crippen LogP contribution in [0.15, 0.2) is 30.3 Å². The molecule has 0 aromatic heterocycles. The van der Waals surface area contributed by atoms with Gasteiger partial charge < -0.3 is 15.0 Å². The third kappa shape index (κ3) is 4.62. The number of aldehydes is 1. The highest BCUT2D eigenvalue weighted by molar-refractivity contribution is 5.67.